The molecule has 0 N–H and O–H groups in total. The van der Waals surface area contributed by atoms with Gasteiger partial charge in [-0.05, 0) is 17.3 Å². The molecule has 130 valence electrons. The molecule has 1 rings (SSSR count). The van der Waals surface area contributed by atoms with Crippen LogP contribution >= 0.6 is 0 Å². The highest BCUT2D eigenvalue weighted by Gasteiger charge is 2.17. The molecule has 0 spiro atoms. The monoisotopic (exact) mass is 298 g/mol. The highest BCUT2D eigenvalue weighted by atomic mass is 14.2. The van der Waals surface area contributed by atoms with Crippen molar-refractivity contribution >= 4 is 0 Å². The fourth-order valence-electron chi connectivity index (χ4n) is 2.30. The van der Waals surface area contributed by atoms with E-state index < -0.39 is 0 Å². The van der Waals surface area contributed by atoms with Gasteiger partial charge >= 0.3 is 0 Å². The molecule has 1 fully saturated rings. The Morgan fingerprint density at radius 3 is 1.00 bits per heavy atom. The average Bonchev–Trinajstić information content (AvgIpc) is 2.55. The molecule has 0 unspecified atom stereocenters. The van der Waals surface area contributed by atoms with Crippen molar-refractivity contribution < 1.29 is 0 Å². The zero-order valence-corrected chi connectivity index (χ0v) is 16.7. The van der Waals surface area contributed by atoms with Crippen LogP contribution in [-0.2, 0) is 0 Å². The van der Waals surface area contributed by atoms with Crippen LogP contribution in [0.4, 0.5) is 0 Å². The molecule has 0 radical (unpaired) electrons. The van der Waals surface area contributed by atoms with E-state index >= 15 is 0 Å². The highest BCUT2D eigenvalue weighted by Crippen LogP contribution is 2.31. The summed E-state index contributed by atoms with van der Waals surface area (Å²) in [6.45, 7) is 18.1. The first-order valence-corrected chi connectivity index (χ1v) is 9.90. The van der Waals surface area contributed by atoms with E-state index in [4.69, 9.17) is 0 Å². The van der Waals surface area contributed by atoms with Crippen molar-refractivity contribution in [1.29, 1.82) is 0 Å². The summed E-state index contributed by atoms with van der Waals surface area (Å²) in [7, 11) is 0. The number of unbranched alkanes of at least 4 members (excludes halogenated alkanes) is 1. The van der Waals surface area contributed by atoms with Crippen LogP contribution in [0, 0.1) is 17.3 Å². The van der Waals surface area contributed by atoms with Gasteiger partial charge in [0.1, 0.15) is 0 Å². The zero-order chi connectivity index (χ0) is 16.7. The largest absolute Gasteiger partial charge is 0.0654 e. The standard InChI is InChI=1S/C10H20.C7H16.C4H10/c1-3-9-5-7-10(4-2)8-6-9;1-5-7(3,4)6-2;1-3-4-2/h9-10H,3-8H2,1-2H3;5-6H2,1-4H3;3-4H2,1-2H3. The predicted octanol–water partition coefficient (Wildman–Crippen LogP) is 8.25. The van der Waals surface area contributed by atoms with Crippen LogP contribution in [-0.4, -0.2) is 0 Å². The van der Waals surface area contributed by atoms with Gasteiger partial charge in [0.05, 0.1) is 0 Å². The molecule has 0 bridgehead atoms. The molecule has 0 amide bonds. The van der Waals surface area contributed by atoms with Gasteiger partial charge in [0.15, 0.2) is 0 Å². The second-order valence-electron chi connectivity index (χ2n) is 7.57. The molecular weight excluding hydrogens is 252 g/mol. The third-order valence-corrected chi connectivity index (χ3v) is 5.54. The molecule has 1 saturated carbocycles. The smallest absolute Gasteiger partial charge is 0.0359 e. The second-order valence-corrected chi connectivity index (χ2v) is 7.57. The molecule has 0 aliphatic heterocycles. The first kappa shape index (κ1) is 23.3. The Labute approximate surface area is 137 Å². The summed E-state index contributed by atoms with van der Waals surface area (Å²) < 4.78 is 0. The van der Waals surface area contributed by atoms with E-state index in [1.807, 2.05) is 0 Å². The fourth-order valence-corrected chi connectivity index (χ4v) is 2.30. The molecule has 1 aliphatic carbocycles. The Kier molecular flexibility index (Phi) is 16.5. The van der Waals surface area contributed by atoms with Gasteiger partial charge in [0.25, 0.3) is 0 Å². The first-order chi connectivity index (χ1) is 9.90. The van der Waals surface area contributed by atoms with Gasteiger partial charge in [-0.2, -0.15) is 0 Å². The van der Waals surface area contributed by atoms with Crippen LogP contribution in [0.2, 0.25) is 0 Å². The highest BCUT2D eigenvalue weighted by molar-refractivity contribution is 4.70. The Hall–Kier alpha value is 0. The third-order valence-electron chi connectivity index (χ3n) is 5.54. The van der Waals surface area contributed by atoms with Gasteiger partial charge in [-0.3, -0.25) is 0 Å². The summed E-state index contributed by atoms with van der Waals surface area (Å²) in [5, 5.41) is 0. The van der Waals surface area contributed by atoms with Crippen molar-refractivity contribution in [2.75, 3.05) is 0 Å². The molecule has 0 nitrogen and oxygen atoms in total. The molecule has 0 saturated heterocycles. The minimum atomic E-state index is 0.583. The minimum Gasteiger partial charge on any atom is -0.0654 e. The van der Waals surface area contributed by atoms with Gasteiger partial charge in [-0.1, -0.05) is 120 Å². The van der Waals surface area contributed by atoms with E-state index in [0.717, 1.165) is 11.8 Å². The van der Waals surface area contributed by atoms with E-state index in [1.54, 1.807) is 0 Å². The lowest BCUT2D eigenvalue weighted by Gasteiger charge is -2.26. The number of hydrogen-bond acceptors (Lipinski definition) is 0. The predicted molar refractivity (Wildman–Crippen MR) is 101 cm³/mol. The van der Waals surface area contributed by atoms with Gasteiger partial charge < -0.3 is 0 Å². The van der Waals surface area contributed by atoms with Crippen molar-refractivity contribution in [3.05, 3.63) is 0 Å². The topological polar surface area (TPSA) is 0 Å². The SMILES string of the molecule is CCC(C)(C)CC.CCC1CCC(CC)CC1.CCCC. The van der Waals surface area contributed by atoms with E-state index in [1.165, 1.54) is 64.2 Å². The normalized spacial score (nSPS) is 21.7. The summed E-state index contributed by atoms with van der Waals surface area (Å²) in [6, 6.07) is 0. The summed E-state index contributed by atoms with van der Waals surface area (Å²) in [4.78, 5) is 0. The third kappa shape index (κ3) is 14.7. The summed E-state index contributed by atoms with van der Waals surface area (Å²) in [5.41, 5.74) is 0.583. The molecule has 21 heavy (non-hydrogen) atoms. The maximum absolute atomic E-state index is 2.33. The quantitative estimate of drug-likeness (QED) is 0.479. The van der Waals surface area contributed by atoms with Crippen molar-refractivity contribution in [3.63, 3.8) is 0 Å². The van der Waals surface area contributed by atoms with E-state index in [-0.39, 0.29) is 0 Å². The lowest BCUT2D eigenvalue weighted by atomic mass is 9.80. The van der Waals surface area contributed by atoms with Crippen molar-refractivity contribution in [2.45, 2.75) is 120 Å². The summed E-state index contributed by atoms with van der Waals surface area (Å²) in [5.74, 6) is 2.14. The molecular formula is C21H46. The molecule has 0 heteroatoms. The van der Waals surface area contributed by atoms with E-state index in [0.29, 0.717) is 5.41 Å². The maximum atomic E-state index is 2.33. The summed E-state index contributed by atoms with van der Waals surface area (Å²) >= 11 is 0. The van der Waals surface area contributed by atoms with Gasteiger partial charge in [-0.25, -0.2) is 0 Å². The Morgan fingerprint density at radius 2 is 0.905 bits per heavy atom. The minimum absolute atomic E-state index is 0.583. The lowest BCUT2D eigenvalue weighted by Crippen LogP contribution is -2.12. The Bertz CT molecular complexity index is 164. The Balaban J connectivity index is 0. The van der Waals surface area contributed by atoms with Crippen molar-refractivity contribution in [3.8, 4) is 0 Å². The van der Waals surface area contributed by atoms with Gasteiger partial charge in [0.2, 0.25) is 0 Å². The van der Waals surface area contributed by atoms with Crippen LogP contribution in [0.1, 0.15) is 120 Å². The molecule has 1 aliphatic rings. The van der Waals surface area contributed by atoms with Crippen LogP contribution in [0.5, 0.6) is 0 Å². The fraction of sp³-hybridized carbons (Fsp3) is 1.00. The molecule has 0 aromatic heterocycles. The molecule has 0 atom stereocenters. The van der Waals surface area contributed by atoms with Gasteiger partial charge in [-0.15, -0.1) is 0 Å². The molecule has 0 heterocycles. The van der Waals surface area contributed by atoms with Crippen molar-refractivity contribution in [2.24, 2.45) is 17.3 Å². The van der Waals surface area contributed by atoms with E-state index in [9.17, 15) is 0 Å². The first-order valence-electron chi connectivity index (χ1n) is 9.90. The average molecular weight is 299 g/mol. The zero-order valence-electron chi connectivity index (χ0n) is 16.7. The second kappa shape index (κ2) is 14.9. The Morgan fingerprint density at radius 1 is 0.619 bits per heavy atom. The van der Waals surface area contributed by atoms with Crippen molar-refractivity contribution in [1.82, 2.24) is 0 Å². The molecule has 0 aromatic rings. The van der Waals surface area contributed by atoms with Crippen LogP contribution in [0.15, 0.2) is 0 Å². The molecule has 0 aromatic carbocycles. The number of hydrogen-bond donors (Lipinski definition) is 0. The van der Waals surface area contributed by atoms with Gasteiger partial charge in [0, 0.05) is 0 Å². The summed E-state index contributed by atoms with van der Waals surface area (Å²) in [6.07, 6.45) is 14.1. The van der Waals surface area contributed by atoms with Crippen LogP contribution in [0.25, 0.3) is 0 Å². The van der Waals surface area contributed by atoms with Crippen LogP contribution < -0.4 is 0 Å². The van der Waals surface area contributed by atoms with Crippen LogP contribution in [0.3, 0.4) is 0 Å². The number of rotatable bonds is 5. The lowest BCUT2D eigenvalue weighted by molar-refractivity contribution is 0.264. The maximum Gasteiger partial charge on any atom is -0.0359 e. The van der Waals surface area contributed by atoms with E-state index in [2.05, 4.69) is 55.4 Å².